The summed E-state index contributed by atoms with van der Waals surface area (Å²) in [6.07, 6.45) is 1.53. The Morgan fingerprint density at radius 3 is 2.52 bits per heavy atom. The molecule has 0 unspecified atom stereocenters. The van der Waals surface area contributed by atoms with Gasteiger partial charge < -0.3 is 5.32 Å². The molecule has 1 amide bonds. The predicted molar refractivity (Wildman–Crippen MR) is 81.8 cm³/mol. The lowest BCUT2D eigenvalue weighted by molar-refractivity contribution is -0.119. The zero-order chi connectivity index (χ0) is 14.9. The normalized spacial score (nSPS) is 10.0. The van der Waals surface area contributed by atoms with Crippen LogP contribution in [0.5, 0.6) is 0 Å². The highest BCUT2D eigenvalue weighted by atomic mass is 16.2. The van der Waals surface area contributed by atoms with E-state index in [-0.39, 0.29) is 12.5 Å². The van der Waals surface area contributed by atoms with Crippen LogP contribution in [0.15, 0.2) is 59.7 Å². The molecule has 0 aliphatic rings. The lowest BCUT2D eigenvalue weighted by Crippen LogP contribution is -2.25. The van der Waals surface area contributed by atoms with Gasteiger partial charge in [-0.05, 0) is 29.8 Å². The second kappa shape index (κ2) is 7.46. The van der Waals surface area contributed by atoms with E-state index < -0.39 is 0 Å². The second-order valence-corrected chi connectivity index (χ2v) is 4.25. The minimum atomic E-state index is -0.233. The van der Waals surface area contributed by atoms with Crippen LogP contribution in [0.2, 0.25) is 0 Å². The van der Waals surface area contributed by atoms with Crippen LogP contribution in [0.4, 0.5) is 5.69 Å². The number of carbonyl (C=O) groups is 1. The molecule has 0 spiro atoms. The molecule has 0 bridgehead atoms. The molecule has 104 valence electrons. The van der Waals surface area contributed by atoms with E-state index >= 15 is 0 Å². The highest BCUT2D eigenvalue weighted by Crippen LogP contribution is 2.03. The Morgan fingerprint density at radius 1 is 1.14 bits per heavy atom. The van der Waals surface area contributed by atoms with Crippen molar-refractivity contribution in [2.24, 2.45) is 5.10 Å². The average Bonchev–Trinajstić information content (AvgIpc) is 2.54. The number of carbonyl (C=O) groups excluding carboxylic acids is 1. The molecule has 0 aliphatic heterocycles. The molecule has 21 heavy (non-hydrogen) atoms. The third-order valence-electron chi connectivity index (χ3n) is 2.67. The van der Waals surface area contributed by atoms with Crippen LogP contribution in [0.25, 0.3) is 0 Å². The van der Waals surface area contributed by atoms with E-state index in [0.717, 1.165) is 11.3 Å². The van der Waals surface area contributed by atoms with Crippen molar-refractivity contribution in [3.05, 3.63) is 65.7 Å². The summed E-state index contributed by atoms with van der Waals surface area (Å²) in [5, 5.41) is 15.5. The van der Waals surface area contributed by atoms with Gasteiger partial charge in [-0.1, -0.05) is 30.3 Å². The summed E-state index contributed by atoms with van der Waals surface area (Å²) in [6, 6.07) is 18.4. The van der Waals surface area contributed by atoms with Crippen molar-refractivity contribution in [2.75, 3.05) is 11.9 Å². The lowest BCUT2D eigenvalue weighted by atomic mass is 10.2. The molecule has 0 heterocycles. The van der Waals surface area contributed by atoms with Crippen molar-refractivity contribution in [3.8, 4) is 6.07 Å². The van der Waals surface area contributed by atoms with Gasteiger partial charge in [0.2, 0.25) is 0 Å². The van der Waals surface area contributed by atoms with E-state index in [9.17, 15) is 4.79 Å². The summed E-state index contributed by atoms with van der Waals surface area (Å²) < 4.78 is 0. The highest BCUT2D eigenvalue weighted by molar-refractivity contribution is 5.84. The first-order valence-electron chi connectivity index (χ1n) is 6.39. The molecule has 0 atom stereocenters. The van der Waals surface area contributed by atoms with E-state index in [0.29, 0.717) is 5.56 Å². The van der Waals surface area contributed by atoms with Gasteiger partial charge in [0.25, 0.3) is 5.91 Å². The molecule has 2 aromatic rings. The maximum absolute atomic E-state index is 11.6. The summed E-state index contributed by atoms with van der Waals surface area (Å²) in [5.74, 6) is -0.233. The largest absolute Gasteiger partial charge is 0.376 e. The summed E-state index contributed by atoms with van der Waals surface area (Å²) in [4.78, 5) is 11.6. The molecule has 0 saturated carbocycles. The number of hydrazone groups is 1. The van der Waals surface area contributed by atoms with Gasteiger partial charge >= 0.3 is 0 Å². The first-order chi connectivity index (χ1) is 10.3. The molecule has 0 aliphatic carbocycles. The van der Waals surface area contributed by atoms with E-state index in [1.165, 1.54) is 6.21 Å². The summed E-state index contributed by atoms with van der Waals surface area (Å²) >= 11 is 0. The van der Waals surface area contributed by atoms with Crippen LogP contribution in [-0.4, -0.2) is 18.7 Å². The van der Waals surface area contributed by atoms with Gasteiger partial charge in [0.15, 0.2) is 0 Å². The average molecular weight is 278 g/mol. The summed E-state index contributed by atoms with van der Waals surface area (Å²) in [5.41, 5.74) is 4.71. The van der Waals surface area contributed by atoms with Crippen molar-refractivity contribution < 1.29 is 4.79 Å². The van der Waals surface area contributed by atoms with E-state index in [1.54, 1.807) is 24.3 Å². The monoisotopic (exact) mass is 278 g/mol. The van der Waals surface area contributed by atoms with E-state index in [1.807, 2.05) is 36.4 Å². The van der Waals surface area contributed by atoms with Crippen molar-refractivity contribution in [2.45, 2.75) is 0 Å². The molecule has 0 radical (unpaired) electrons. The number of anilines is 1. The molecule has 5 nitrogen and oxygen atoms in total. The maximum Gasteiger partial charge on any atom is 0.259 e. The third-order valence-corrected chi connectivity index (χ3v) is 2.67. The fourth-order valence-electron chi connectivity index (χ4n) is 1.60. The van der Waals surface area contributed by atoms with Crippen molar-refractivity contribution in [3.63, 3.8) is 0 Å². The smallest absolute Gasteiger partial charge is 0.259 e. The second-order valence-electron chi connectivity index (χ2n) is 4.25. The number of hydrogen-bond donors (Lipinski definition) is 2. The van der Waals surface area contributed by atoms with Crippen LogP contribution in [0.1, 0.15) is 11.1 Å². The maximum atomic E-state index is 11.6. The Morgan fingerprint density at radius 2 is 1.86 bits per heavy atom. The first-order valence-corrected chi connectivity index (χ1v) is 6.39. The number of hydrogen-bond acceptors (Lipinski definition) is 4. The molecular weight excluding hydrogens is 264 g/mol. The zero-order valence-electron chi connectivity index (χ0n) is 11.3. The van der Waals surface area contributed by atoms with Gasteiger partial charge in [0.1, 0.15) is 0 Å². The SMILES string of the molecule is N#Cc1ccc(/C=N\NC(=O)CNc2ccccc2)cc1. The Labute approximate surface area is 122 Å². The molecule has 0 fully saturated rings. The standard InChI is InChI=1S/C16H14N4O/c17-10-13-6-8-14(9-7-13)11-19-20-16(21)12-18-15-4-2-1-3-5-15/h1-9,11,18H,12H2,(H,20,21)/b19-11-. The highest BCUT2D eigenvalue weighted by Gasteiger charge is 1.98. The van der Waals surface area contributed by atoms with Crippen LogP contribution in [-0.2, 0) is 4.79 Å². The fourth-order valence-corrected chi connectivity index (χ4v) is 1.60. The number of rotatable bonds is 5. The molecule has 2 aromatic carbocycles. The minimum absolute atomic E-state index is 0.148. The third kappa shape index (κ3) is 4.80. The van der Waals surface area contributed by atoms with Crippen molar-refractivity contribution in [1.29, 1.82) is 5.26 Å². The quantitative estimate of drug-likeness (QED) is 0.649. The molecule has 2 rings (SSSR count). The Kier molecular flexibility index (Phi) is 5.07. The van der Waals surface area contributed by atoms with Crippen LogP contribution >= 0.6 is 0 Å². The van der Waals surface area contributed by atoms with Gasteiger partial charge in [-0.3, -0.25) is 4.79 Å². The number of benzene rings is 2. The van der Waals surface area contributed by atoms with Gasteiger partial charge in [-0.2, -0.15) is 10.4 Å². The summed E-state index contributed by atoms with van der Waals surface area (Å²) in [7, 11) is 0. The number of nitrogens with zero attached hydrogens (tertiary/aromatic N) is 2. The molecule has 0 saturated heterocycles. The van der Waals surface area contributed by atoms with E-state index in [2.05, 4.69) is 15.8 Å². The van der Waals surface area contributed by atoms with E-state index in [4.69, 9.17) is 5.26 Å². The Bertz CT molecular complexity index is 657. The van der Waals surface area contributed by atoms with Crippen LogP contribution in [0.3, 0.4) is 0 Å². The predicted octanol–water partition coefficient (Wildman–Crippen LogP) is 2.12. The Hall–Kier alpha value is -3.13. The molecule has 0 aromatic heterocycles. The minimum Gasteiger partial charge on any atom is -0.376 e. The van der Waals surface area contributed by atoms with Crippen molar-refractivity contribution >= 4 is 17.8 Å². The number of para-hydroxylation sites is 1. The van der Waals surface area contributed by atoms with Crippen molar-refractivity contribution in [1.82, 2.24) is 5.43 Å². The molecule has 2 N–H and O–H groups in total. The summed E-state index contributed by atoms with van der Waals surface area (Å²) in [6.45, 7) is 0.148. The number of nitrogens with one attached hydrogen (secondary N) is 2. The fraction of sp³-hybridized carbons (Fsp3) is 0.0625. The topological polar surface area (TPSA) is 77.3 Å². The number of nitriles is 1. The zero-order valence-corrected chi connectivity index (χ0v) is 11.3. The van der Waals surface area contributed by atoms with Gasteiger partial charge in [0.05, 0.1) is 24.4 Å². The van der Waals surface area contributed by atoms with Crippen LogP contribution in [0, 0.1) is 11.3 Å². The first kappa shape index (κ1) is 14.3. The van der Waals surface area contributed by atoms with Crippen LogP contribution < -0.4 is 10.7 Å². The molecular formula is C16H14N4O. The Balaban J connectivity index is 1.78. The lowest BCUT2D eigenvalue weighted by Gasteiger charge is -2.04. The van der Waals surface area contributed by atoms with Gasteiger partial charge in [0, 0.05) is 5.69 Å². The molecule has 5 heteroatoms. The number of amides is 1. The van der Waals surface area contributed by atoms with Gasteiger partial charge in [-0.25, -0.2) is 5.43 Å². The van der Waals surface area contributed by atoms with Gasteiger partial charge in [-0.15, -0.1) is 0 Å².